The van der Waals surface area contributed by atoms with Crippen molar-refractivity contribution in [2.75, 3.05) is 7.11 Å². The van der Waals surface area contributed by atoms with E-state index in [1.165, 1.54) is 25.3 Å². The summed E-state index contributed by atoms with van der Waals surface area (Å²) in [6.45, 7) is 12.3. The van der Waals surface area contributed by atoms with Crippen LogP contribution >= 0.6 is 0 Å². The number of ether oxygens (including phenoxy) is 2. The van der Waals surface area contributed by atoms with E-state index in [2.05, 4.69) is 10.3 Å². The summed E-state index contributed by atoms with van der Waals surface area (Å²) in [5.41, 5.74) is 0.345. The number of aliphatic imine (C=N–C) groups is 1. The number of nitro groups is 1. The van der Waals surface area contributed by atoms with Crippen molar-refractivity contribution in [1.82, 2.24) is 5.32 Å². The van der Waals surface area contributed by atoms with Gasteiger partial charge in [-0.3, -0.25) is 24.7 Å². The molecule has 0 spiro atoms. The highest BCUT2D eigenvalue weighted by molar-refractivity contribution is 6.08. The molecular formula is C26H35N3O7. The smallest absolute Gasteiger partial charge is 0.329 e. The topological polar surface area (TPSA) is 137 Å². The van der Waals surface area contributed by atoms with Crippen LogP contribution in [0, 0.1) is 22.0 Å². The lowest BCUT2D eigenvalue weighted by Crippen LogP contribution is -2.47. The van der Waals surface area contributed by atoms with E-state index < -0.39 is 46.2 Å². The van der Waals surface area contributed by atoms with Crippen molar-refractivity contribution in [2.24, 2.45) is 16.8 Å². The van der Waals surface area contributed by atoms with Gasteiger partial charge in [0.15, 0.2) is 0 Å². The summed E-state index contributed by atoms with van der Waals surface area (Å²) in [7, 11) is 1.23. The van der Waals surface area contributed by atoms with E-state index in [0.29, 0.717) is 23.4 Å². The Labute approximate surface area is 211 Å². The van der Waals surface area contributed by atoms with Crippen LogP contribution in [-0.2, 0) is 23.9 Å². The first-order chi connectivity index (χ1) is 16.7. The molecule has 0 bridgehead atoms. The monoisotopic (exact) mass is 501 g/mol. The molecule has 2 rings (SSSR count). The lowest BCUT2D eigenvalue weighted by Gasteiger charge is -2.32. The Hall–Kier alpha value is -3.56. The molecular weight excluding hydrogens is 466 g/mol. The first kappa shape index (κ1) is 28.7. The molecule has 0 radical (unpaired) electrons. The number of hydrogen-bond acceptors (Lipinski definition) is 8. The number of carbonyl (C=O) groups excluding carboxylic acids is 3. The van der Waals surface area contributed by atoms with E-state index in [4.69, 9.17) is 9.47 Å². The van der Waals surface area contributed by atoms with E-state index in [1.807, 2.05) is 13.8 Å². The molecule has 10 nitrogen and oxygen atoms in total. The van der Waals surface area contributed by atoms with Gasteiger partial charge in [-0.1, -0.05) is 26.0 Å². The molecule has 1 aromatic carbocycles. The van der Waals surface area contributed by atoms with Gasteiger partial charge in [0.25, 0.3) is 5.69 Å². The van der Waals surface area contributed by atoms with E-state index >= 15 is 0 Å². The van der Waals surface area contributed by atoms with Gasteiger partial charge in [-0.25, -0.2) is 4.79 Å². The molecule has 0 saturated heterocycles. The van der Waals surface area contributed by atoms with Crippen molar-refractivity contribution >= 4 is 29.2 Å². The molecule has 1 amide bonds. The van der Waals surface area contributed by atoms with E-state index in [1.54, 1.807) is 40.7 Å². The Balaban J connectivity index is 2.60. The zero-order valence-corrected chi connectivity index (χ0v) is 22.1. The Morgan fingerprint density at radius 2 is 1.83 bits per heavy atom. The molecule has 36 heavy (non-hydrogen) atoms. The molecule has 1 unspecified atom stereocenters. The number of carbonyl (C=O) groups is 3. The van der Waals surface area contributed by atoms with Crippen molar-refractivity contribution in [1.29, 1.82) is 0 Å². The SMILES string of the molecule is COC(=O)C1C(C)=NC(C)=C(C(=O)N[C@@H](CC(C)C)C(=O)OC(C)(C)C)[C@@H]1c1cccc([N+](=O)[O-])c1. The fourth-order valence-electron chi connectivity index (χ4n) is 4.25. The van der Waals surface area contributed by atoms with Gasteiger partial charge in [0.1, 0.15) is 17.6 Å². The Kier molecular flexibility index (Phi) is 9.12. The van der Waals surface area contributed by atoms with Crippen molar-refractivity contribution in [2.45, 2.75) is 72.4 Å². The Morgan fingerprint density at radius 3 is 2.36 bits per heavy atom. The summed E-state index contributed by atoms with van der Waals surface area (Å²) in [6.07, 6.45) is 0.331. The summed E-state index contributed by atoms with van der Waals surface area (Å²) < 4.78 is 10.5. The number of hydrogen-bond donors (Lipinski definition) is 1. The average molecular weight is 502 g/mol. The molecule has 1 aromatic rings. The maximum Gasteiger partial charge on any atom is 0.329 e. The number of nitrogens with one attached hydrogen (secondary N) is 1. The molecule has 0 fully saturated rings. The van der Waals surface area contributed by atoms with Crippen LogP contribution in [0.25, 0.3) is 0 Å². The Morgan fingerprint density at radius 1 is 1.19 bits per heavy atom. The second-order valence-corrected chi connectivity index (χ2v) is 10.3. The highest BCUT2D eigenvalue weighted by Crippen LogP contribution is 2.40. The third kappa shape index (κ3) is 6.99. The van der Waals surface area contributed by atoms with Gasteiger partial charge in [-0.2, -0.15) is 0 Å². The molecule has 1 aliphatic rings. The molecule has 0 saturated carbocycles. The van der Waals surface area contributed by atoms with Crippen LogP contribution in [-0.4, -0.2) is 47.2 Å². The minimum Gasteiger partial charge on any atom is -0.468 e. The lowest BCUT2D eigenvalue weighted by atomic mass is 9.75. The number of amides is 1. The molecule has 3 atom stereocenters. The number of nitrogens with zero attached hydrogens (tertiary/aromatic N) is 2. The van der Waals surface area contributed by atoms with Crippen LogP contribution in [0.5, 0.6) is 0 Å². The van der Waals surface area contributed by atoms with Gasteiger partial charge in [-0.15, -0.1) is 0 Å². The normalized spacial score (nSPS) is 18.9. The third-order valence-electron chi connectivity index (χ3n) is 5.67. The zero-order valence-electron chi connectivity index (χ0n) is 22.1. The molecule has 1 N–H and O–H groups in total. The number of non-ortho nitro benzene ring substituents is 1. The highest BCUT2D eigenvalue weighted by atomic mass is 16.6. The van der Waals surface area contributed by atoms with Gasteiger partial charge in [0.05, 0.1) is 12.0 Å². The number of rotatable bonds is 8. The van der Waals surface area contributed by atoms with Gasteiger partial charge in [0.2, 0.25) is 5.91 Å². The van der Waals surface area contributed by atoms with Gasteiger partial charge < -0.3 is 14.8 Å². The van der Waals surface area contributed by atoms with Crippen molar-refractivity contribution in [3.05, 3.63) is 51.2 Å². The molecule has 10 heteroatoms. The van der Waals surface area contributed by atoms with Crippen LogP contribution in [0.2, 0.25) is 0 Å². The maximum absolute atomic E-state index is 13.7. The highest BCUT2D eigenvalue weighted by Gasteiger charge is 2.43. The second-order valence-electron chi connectivity index (χ2n) is 10.3. The summed E-state index contributed by atoms with van der Waals surface area (Å²) in [5.74, 6) is -3.63. The molecule has 0 aliphatic carbocycles. The number of methoxy groups -OCH3 is 1. The van der Waals surface area contributed by atoms with Crippen LogP contribution < -0.4 is 5.32 Å². The summed E-state index contributed by atoms with van der Waals surface area (Å²) >= 11 is 0. The zero-order chi connectivity index (χ0) is 27.4. The predicted molar refractivity (Wildman–Crippen MR) is 134 cm³/mol. The first-order valence-corrected chi connectivity index (χ1v) is 11.8. The van der Waals surface area contributed by atoms with Crippen LogP contribution in [0.15, 0.2) is 40.5 Å². The third-order valence-corrected chi connectivity index (χ3v) is 5.67. The minimum absolute atomic E-state index is 0.0694. The van der Waals surface area contributed by atoms with E-state index in [9.17, 15) is 24.5 Å². The second kappa shape index (κ2) is 11.5. The molecule has 1 heterocycles. The van der Waals surface area contributed by atoms with Crippen molar-refractivity contribution in [3.8, 4) is 0 Å². The largest absolute Gasteiger partial charge is 0.468 e. The summed E-state index contributed by atoms with van der Waals surface area (Å²) in [5, 5.41) is 14.2. The Bertz CT molecular complexity index is 1100. The standard InChI is InChI=1S/C26H35N3O7/c1-14(2)12-19(24(31)36-26(5,6)7)28-23(30)20-15(3)27-16(4)21(25(32)35-8)22(20)17-10-9-11-18(13-17)29(33)34/h9-11,13-14,19,21-22H,12H2,1-8H3,(H,28,30)/t19-,21?,22-/m0/s1. The van der Waals surface area contributed by atoms with Crippen LogP contribution in [0.4, 0.5) is 5.69 Å². The van der Waals surface area contributed by atoms with E-state index in [-0.39, 0.29) is 17.2 Å². The maximum atomic E-state index is 13.7. The molecule has 196 valence electrons. The van der Waals surface area contributed by atoms with Gasteiger partial charge in [-0.05, 0) is 52.5 Å². The lowest BCUT2D eigenvalue weighted by molar-refractivity contribution is -0.384. The fraction of sp³-hybridized carbons (Fsp3) is 0.538. The first-order valence-electron chi connectivity index (χ1n) is 11.8. The predicted octanol–water partition coefficient (Wildman–Crippen LogP) is 4.09. The number of esters is 2. The average Bonchev–Trinajstić information content (AvgIpc) is 2.76. The number of benzene rings is 1. The minimum atomic E-state index is -0.980. The van der Waals surface area contributed by atoms with Crippen molar-refractivity contribution < 1.29 is 28.8 Å². The molecule has 1 aliphatic heterocycles. The number of nitro benzene ring substituents is 1. The molecule has 0 aromatic heterocycles. The van der Waals surface area contributed by atoms with Crippen LogP contribution in [0.1, 0.15) is 66.4 Å². The summed E-state index contributed by atoms with van der Waals surface area (Å²) in [4.78, 5) is 54.8. The fourth-order valence-corrected chi connectivity index (χ4v) is 4.25. The van der Waals surface area contributed by atoms with Gasteiger partial charge >= 0.3 is 11.9 Å². The van der Waals surface area contributed by atoms with E-state index in [0.717, 1.165) is 0 Å². The number of allylic oxidation sites excluding steroid dienone is 1. The van der Waals surface area contributed by atoms with Crippen molar-refractivity contribution in [3.63, 3.8) is 0 Å². The summed E-state index contributed by atoms with van der Waals surface area (Å²) in [6, 6.07) is 4.84. The van der Waals surface area contributed by atoms with Crippen LogP contribution in [0.3, 0.4) is 0 Å². The van der Waals surface area contributed by atoms with Gasteiger partial charge in [0, 0.05) is 35.0 Å². The quantitative estimate of drug-likeness (QED) is 0.322.